The number of carbonyl (C=O) groups excluding carboxylic acids is 1. The van der Waals surface area contributed by atoms with Gasteiger partial charge < -0.3 is 0 Å². The molecule has 1 amide bonds. The van der Waals surface area contributed by atoms with E-state index in [1.807, 2.05) is 47.8 Å². The third-order valence-corrected chi connectivity index (χ3v) is 5.72. The first-order valence-electron chi connectivity index (χ1n) is 5.37. The summed E-state index contributed by atoms with van der Waals surface area (Å²) in [6, 6.07) is 7.80. The fraction of sp³-hybridized carbons (Fsp3) is 0.417. The lowest BCUT2D eigenvalue weighted by atomic mass is 10.1. The first kappa shape index (κ1) is 12.8. The van der Waals surface area contributed by atoms with Crippen molar-refractivity contribution in [2.45, 2.75) is 4.58 Å². The van der Waals surface area contributed by atoms with Crippen molar-refractivity contribution in [2.75, 3.05) is 25.7 Å². The molecule has 1 aromatic carbocycles. The number of nitrogens with zero attached hydrogens (tertiary/aromatic N) is 1. The Morgan fingerprint density at radius 1 is 1.29 bits per heavy atom. The van der Waals surface area contributed by atoms with Gasteiger partial charge in [0.25, 0.3) is 5.91 Å². The predicted octanol–water partition coefficient (Wildman–Crippen LogP) is 2.80. The van der Waals surface area contributed by atoms with E-state index in [2.05, 4.69) is 0 Å². The molecule has 0 radical (unpaired) electrons. The Labute approximate surface area is 110 Å². The van der Waals surface area contributed by atoms with Crippen LogP contribution in [0.4, 0.5) is 0 Å². The Balaban J connectivity index is 2.09. The lowest BCUT2D eigenvalue weighted by molar-refractivity contribution is -0.0756. The zero-order valence-electron chi connectivity index (χ0n) is 9.88. The van der Waals surface area contributed by atoms with Crippen molar-refractivity contribution in [1.29, 1.82) is 0 Å². The quantitative estimate of drug-likeness (QED) is 0.789. The number of hydroxylamine groups is 2. The molecule has 0 saturated carbocycles. The van der Waals surface area contributed by atoms with E-state index >= 15 is 0 Å². The molecule has 1 aromatic rings. The number of carbonyl (C=O) groups is 1. The van der Waals surface area contributed by atoms with Crippen LogP contribution in [0.25, 0.3) is 0 Å². The average Bonchev–Trinajstić information content (AvgIpc) is 2.91. The highest BCUT2D eigenvalue weighted by atomic mass is 32.2. The highest BCUT2D eigenvalue weighted by Gasteiger charge is 2.19. The molecule has 0 unspecified atom stereocenters. The first-order valence-corrected chi connectivity index (χ1v) is 7.47. The summed E-state index contributed by atoms with van der Waals surface area (Å²) in [7, 11) is 3.09. The molecule has 0 aliphatic carbocycles. The van der Waals surface area contributed by atoms with Crippen molar-refractivity contribution < 1.29 is 9.63 Å². The molecule has 5 heteroatoms. The molecule has 1 saturated heterocycles. The molecule has 2 rings (SSSR count). The van der Waals surface area contributed by atoms with Crippen LogP contribution in [-0.2, 0) is 4.84 Å². The fourth-order valence-corrected chi connectivity index (χ4v) is 4.46. The average molecular weight is 269 g/mol. The van der Waals surface area contributed by atoms with Crippen LogP contribution < -0.4 is 0 Å². The normalized spacial score (nSPS) is 16.1. The van der Waals surface area contributed by atoms with Gasteiger partial charge in [0.05, 0.1) is 11.7 Å². The summed E-state index contributed by atoms with van der Waals surface area (Å²) in [5, 5.41) is 1.23. The van der Waals surface area contributed by atoms with Gasteiger partial charge in [-0.1, -0.05) is 12.1 Å². The minimum absolute atomic E-state index is 0.120. The van der Waals surface area contributed by atoms with E-state index in [0.29, 0.717) is 10.1 Å². The van der Waals surface area contributed by atoms with Gasteiger partial charge in [-0.2, -0.15) is 0 Å². The number of rotatable bonds is 3. The molecule has 0 aromatic heterocycles. The second kappa shape index (κ2) is 5.80. The number of benzene rings is 1. The molecule has 1 aliphatic heterocycles. The van der Waals surface area contributed by atoms with E-state index in [1.54, 1.807) is 7.05 Å². The van der Waals surface area contributed by atoms with E-state index in [4.69, 9.17) is 4.84 Å². The number of hydrogen-bond acceptors (Lipinski definition) is 4. The molecule has 1 fully saturated rings. The minimum atomic E-state index is -0.120. The molecule has 1 heterocycles. The summed E-state index contributed by atoms with van der Waals surface area (Å²) in [6.45, 7) is 0. The van der Waals surface area contributed by atoms with Gasteiger partial charge in [0.2, 0.25) is 0 Å². The highest BCUT2D eigenvalue weighted by Crippen LogP contribution is 2.45. The van der Waals surface area contributed by atoms with Crippen LogP contribution in [0, 0.1) is 0 Å². The van der Waals surface area contributed by atoms with Gasteiger partial charge in [-0.15, -0.1) is 23.5 Å². The zero-order chi connectivity index (χ0) is 12.3. The molecule has 0 N–H and O–H groups in total. The minimum Gasteiger partial charge on any atom is -0.274 e. The van der Waals surface area contributed by atoms with Crippen molar-refractivity contribution in [3.63, 3.8) is 0 Å². The molecule has 0 atom stereocenters. The van der Waals surface area contributed by atoms with Crippen molar-refractivity contribution in [2.24, 2.45) is 0 Å². The highest BCUT2D eigenvalue weighted by molar-refractivity contribution is 8.19. The van der Waals surface area contributed by atoms with Gasteiger partial charge in [0.1, 0.15) is 0 Å². The molecule has 3 nitrogen and oxygen atoms in total. The number of amides is 1. The summed E-state index contributed by atoms with van der Waals surface area (Å²) in [4.78, 5) is 16.7. The Morgan fingerprint density at radius 3 is 2.41 bits per heavy atom. The molecule has 17 heavy (non-hydrogen) atoms. The van der Waals surface area contributed by atoms with Crippen LogP contribution in [-0.4, -0.2) is 36.6 Å². The van der Waals surface area contributed by atoms with Crippen LogP contribution in [0.5, 0.6) is 0 Å². The van der Waals surface area contributed by atoms with E-state index in [0.717, 1.165) is 0 Å². The second-order valence-electron chi connectivity index (χ2n) is 3.68. The van der Waals surface area contributed by atoms with E-state index < -0.39 is 0 Å². The van der Waals surface area contributed by atoms with E-state index in [1.165, 1.54) is 29.2 Å². The summed E-state index contributed by atoms with van der Waals surface area (Å²) in [6.07, 6.45) is 0. The van der Waals surface area contributed by atoms with Gasteiger partial charge in [-0.25, -0.2) is 5.06 Å². The Bertz CT molecular complexity index is 388. The van der Waals surface area contributed by atoms with Gasteiger partial charge >= 0.3 is 0 Å². The lowest BCUT2D eigenvalue weighted by Crippen LogP contribution is -2.25. The van der Waals surface area contributed by atoms with Gasteiger partial charge in [0, 0.05) is 24.1 Å². The summed E-state index contributed by atoms with van der Waals surface area (Å²) >= 11 is 3.93. The maximum absolute atomic E-state index is 11.8. The third kappa shape index (κ3) is 2.97. The zero-order valence-corrected chi connectivity index (χ0v) is 11.5. The standard InChI is InChI=1S/C12H15NO2S2/c1-13(15-2)11(14)9-3-5-10(6-4-9)12-16-7-8-17-12/h3-6,12H,7-8H2,1-2H3. The van der Waals surface area contributed by atoms with Crippen LogP contribution in [0.3, 0.4) is 0 Å². The predicted molar refractivity (Wildman–Crippen MR) is 73.2 cm³/mol. The smallest absolute Gasteiger partial charge is 0.274 e. The maximum Gasteiger partial charge on any atom is 0.277 e. The molecule has 1 aliphatic rings. The van der Waals surface area contributed by atoms with Crippen LogP contribution in [0.15, 0.2) is 24.3 Å². The molecular weight excluding hydrogens is 254 g/mol. The SMILES string of the molecule is CON(C)C(=O)c1ccc(C2SCCS2)cc1. The van der Waals surface area contributed by atoms with Crippen LogP contribution in [0.1, 0.15) is 20.5 Å². The van der Waals surface area contributed by atoms with Crippen molar-refractivity contribution in [3.8, 4) is 0 Å². The summed E-state index contributed by atoms with van der Waals surface area (Å²) in [5.74, 6) is 2.30. The van der Waals surface area contributed by atoms with Crippen molar-refractivity contribution >= 4 is 29.4 Å². The van der Waals surface area contributed by atoms with Gasteiger partial charge in [0.15, 0.2) is 0 Å². The number of thioether (sulfide) groups is 2. The Kier molecular flexibility index (Phi) is 4.36. The molecule has 0 spiro atoms. The topological polar surface area (TPSA) is 29.5 Å². The van der Waals surface area contributed by atoms with E-state index in [9.17, 15) is 4.79 Å². The monoisotopic (exact) mass is 269 g/mol. The second-order valence-corrected chi connectivity index (χ2v) is 6.41. The molecule has 92 valence electrons. The Hall–Kier alpha value is -0.650. The molecular formula is C12H15NO2S2. The number of hydrogen-bond donors (Lipinski definition) is 0. The fourth-order valence-electron chi connectivity index (χ4n) is 1.60. The van der Waals surface area contributed by atoms with Crippen molar-refractivity contribution in [3.05, 3.63) is 35.4 Å². The van der Waals surface area contributed by atoms with Crippen LogP contribution in [0.2, 0.25) is 0 Å². The summed E-state index contributed by atoms with van der Waals surface area (Å²) in [5.41, 5.74) is 1.94. The lowest BCUT2D eigenvalue weighted by Gasteiger charge is -2.14. The van der Waals surface area contributed by atoms with Crippen molar-refractivity contribution in [1.82, 2.24) is 5.06 Å². The van der Waals surface area contributed by atoms with Crippen LogP contribution >= 0.6 is 23.5 Å². The largest absolute Gasteiger partial charge is 0.277 e. The summed E-state index contributed by atoms with van der Waals surface area (Å²) < 4.78 is 0.527. The Morgan fingerprint density at radius 2 is 1.88 bits per heavy atom. The van der Waals surface area contributed by atoms with Gasteiger partial charge in [-0.3, -0.25) is 9.63 Å². The third-order valence-electron chi connectivity index (χ3n) is 2.61. The van der Waals surface area contributed by atoms with Gasteiger partial charge in [-0.05, 0) is 17.7 Å². The first-order chi connectivity index (χ1) is 8.22. The van der Waals surface area contributed by atoms with E-state index in [-0.39, 0.29) is 5.91 Å². The molecule has 0 bridgehead atoms. The maximum atomic E-state index is 11.8.